The predicted molar refractivity (Wildman–Crippen MR) is 49.2 cm³/mol. The molecular formula is C8H12BNO2. The van der Waals surface area contributed by atoms with Crippen molar-refractivity contribution in [2.24, 2.45) is 0 Å². The molecule has 2 radical (unpaired) electrons. The summed E-state index contributed by atoms with van der Waals surface area (Å²) in [6.45, 7) is 0. The first-order valence-electron chi connectivity index (χ1n) is 3.42. The molecule has 0 aromatic heterocycles. The minimum atomic E-state index is 0.169. The van der Waals surface area contributed by atoms with Gasteiger partial charge < -0.3 is 15.0 Å². The van der Waals surface area contributed by atoms with E-state index in [0.29, 0.717) is 0 Å². The Labute approximate surface area is 73.7 Å². The zero-order valence-corrected chi connectivity index (χ0v) is 7.23. The van der Waals surface area contributed by atoms with Crippen molar-refractivity contribution in [2.45, 2.75) is 0 Å². The summed E-state index contributed by atoms with van der Waals surface area (Å²) in [4.78, 5) is 1.50. The first-order valence-corrected chi connectivity index (χ1v) is 3.42. The van der Waals surface area contributed by atoms with Gasteiger partial charge in [0.15, 0.2) is 7.98 Å². The van der Waals surface area contributed by atoms with Gasteiger partial charge in [-0.15, -0.1) is 0 Å². The third-order valence-electron chi connectivity index (χ3n) is 0.850. The Morgan fingerprint density at radius 2 is 1.17 bits per heavy atom. The van der Waals surface area contributed by atoms with Gasteiger partial charge in [-0.3, -0.25) is 0 Å². The number of hydrogen-bond donors (Lipinski definition) is 2. The van der Waals surface area contributed by atoms with Gasteiger partial charge in [-0.25, -0.2) is 0 Å². The maximum atomic E-state index is 8.65. The van der Waals surface area contributed by atoms with Gasteiger partial charge in [0.2, 0.25) is 0 Å². The van der Waals surface area contributed by atoms with E-state index in [1.165, 1.54) is 29.1 Å². The molecule has 0 fully saturated rings. The Morgan fingerprint density at radius 3 is 1.33 bits per heavy atom. The van der Waals surface area contributed by atoms with Crippen LogP contribution in [0.3, 0.4) is 0 Å². The molecule has 0 aliphatic carbocycles. The van der Waals surface area contributed by atoms with E-state index < -0.39 is 0 Å². The van der Waals surface area contributed by atoms with Crippen LogP contribution in [0.1, 0.15) is 0 Å². The summed E-state index contributed by atoms with van der Waals surface area (Å²) in [7, 11) is 8.50. The topological polar surface area (TPSA) is 43.7 Å². The maximum Gasteiger partial charge on any atom is 0.181 e. The molecular weight excluding hydrogens is 153 g/mol. The van der Waals surface area contributed by atoms with Gasteiger partial charge >= 0.3 is 0 Å². The third kappa shape index (κ3) is 6.96. The number of phenols is 2. The number of aromatic hydroxyl groups is 2. The zero-order valence-electron chi connectivity index (χ0n) is 7.23. The summed E-state index contributed by atoms with van der Waals surface area (Å²) in [5, 5.41) is 17.3. The number of rotatable bonds is 0. The molecule has 0 spiro atoms. The number of benzene rings is 1. The fourth-order valence-corrected chi connectivity index (χ4v) is 0.453. The van der Waals surface area contributed by atoms with Crippen molar-refractivity contribution in [3.8, 4) is 11.5 Å². The first kappa shape index (κ1) is 10.8. The van der Waals surface area contributed by atoms with Gasteiger partial charge in [0.1, 0.15) is 11.5 Å². The van der Waals surface area contributed by atoms with Crippen LogP contribution in [0.15, 0.2) is 24.3 Å². The fraction of sp³-hybridized carbons (Fsp3) is 0.250. The fourth-order valence-electron chi connectivity index (χ4n) is 0.453. The number of nitrogens with zero attached hydrogens (tertiary/aromatic N) is 1. The molecule has 0 saturated heterocycles. The number of hydrogen-bond acceptors (Lipinski definition) is 3. The van der Waals surface area contributed by atoms with E-state index in [1.807, 2.05) is 0 Å². The van der Waals surface area contributed by atoms with E-state index in [9.17, 15) is 0 Å². The van der Waals surface area contributed by atoms with Crippen molar-refractivity contribution >= 4 is 7.98 Å². The van der Waals surface area contributed by atoms with E-state index in [-0.39, 0.29) is 11.5 Å². The lowest BCUT2D eigenvalue weighted by molar-refractivity contribution is 0.460. The summed E-state index contributed by atoms with van der Waals surface area (Å²) in [6.07, 6.45) is 0. The molecule has 0 saturated carbocycles. The van der Waals surface area contributed by atoms with Crippen molar-refractivity contribution < 1.29 is 10.2 Å². The average molecular weight is 165 g/mol. The van der Waals surface area contributed by atoms with Crippen LogP contribution in [0, 0.1) is 0 Å². The smallest absolute Gasteiger partial charge is 0.181 e. The minimum Gasteiger partial charge on any atom is -0.508 e. The van der Waals surface area contributed by atoms with Crippen molar-refractivity contribution in [3.05, 3.63) is 24.3 Å². The second-order valence-corrected chi connectivity index (χ2v) is 2.48. The van der Waals surface area contributed by atoms with E-state index in [0.717, 1.165) is 0 Å². The molecule has 0 unspecified atom stereocenters. The van der Waals surface area contributed by atoms with E-state index in [4.69, 9.17) is 18.2 Å². The molecule has 1 rings (SSSR count). The highest BCUT2D eigenvalue weighted by molar-refractivity contribution is 6.03. The quantitative estimate of drug-likeness (QED) is 0.439. The van der Waals surface area contributed by atoms with E-state index in [1.54, 1.807) is 14.1 Å². The van der Waals surface area contributed by atoms with Crippen LogP contribution in [-0.4, -0.2) is 37.1 Å². The van der Waals surface area contributed by atoms with Crippen LogP contribution in [0.4, 0.5) is 0 Å². The monoisotopic (exact) mass is 165 g/mol. The highest BCUT2D eigenvalue weighted by Crippen LogP contribution is 2.13. The largest absolute Gasteiger partial charge is 0.508 e. The van der Waals surface area contributed by atoms with Crippen molar-refractivity contribution in [3.63, 3.8) is 0 Å². The average Bonchev–Trinajstić information content (AvgIpc) is 1.94. The zero-order chi connectivity index (χ0) is 9.56. The molecule has 3 nitrogen and oxygen atoms in total. The first-order chi connectivity index (χ1) is 5.52. The van der Waals surface area contributed by atoms with Gasteiger partial charge in [-0.05, 0) is 38.4 Å². The van der Waals surface area contributed by atoms with Crippen LogP contribution >= 0.6 is 0 Å². The van der Waals surface area contributed by atoms with Crippen molar-refractivity contribution in [1.82, 2.24) is 4.81 Å². The van der Waals surface area contributed by atoms with Crippen molar-refractivity contribution in [2.75, 3.05) is 14.1 Å². The molecule has 0 bridgehead atoms. The lowest BCUT2D eigenvalue weighted by Gasteiger charge is -1.90. The second-order valence-electron chi connectivity index (χ2n) is 2.48. The predicted octanol–water partition coefficient (Wildman–Crippen LogP) is 0.729. The number of phenolic OH excluding ortho intramolecular Hbond substituents is 2. The van der Waals surface area contributed by atoms with Crippen LogP contribution < -0.4 is 0 Å². The summed E-state index contributed by atoms with van der Waals surface area (Å²) in [5.41, 5.74) is 0. The van der Waals surface area contributed by atoms with Gasteiger partial charge in [-0.1, -0.05) is 0 Å². The highest BCUT2D eigenvalue weighted by Gasteiger charge is 1.84. The molecule has 0 aliphatic heterocycles. The van der Waals surface area contributed by atoms with Gasteiger partial charge in [0.25, 0.3) is 0 Å². The molecule has 12 heavy (non-hydrogen) atoms. The molecule has 1 aromatic rings. The van der Waals surface area contributed by atoms with E-state index >= 15 is 0 Å². The van der Waals surface area contributed by atoms with Crippen LogP contribution in [0.5, 0.6) is 11.5 Å². The normalized spacial score (nSPS) is 8.92. The summed E-state index contributed by atoms with van der Waals surface area (Å²) >= 11 is 0. The minimum absolute atomic E-state index is 0.169. The Balaban J connectivity index is 0.000000261. The molecule has 64 valence electrons. The molecule has 0 aliphatic rings. The van der Waals surface area contributed by atoms with Crippen molar-refractivity contribution in [1.29, 1.82) is 0 Å². The SMILES string of the molecule is Oc1ccc(O)cc1.[B]N(C)C. The molecule has 0 atom stereocenters. The van der Waals surface area contributed by atoms with Gasteiger partial charge in [0, 0.05) is 0 Å². The summed E-state index contributed by atoms with van der Waals surface area (Å²) < 4.78 is 0. The maximum absolute atomic E-state index is 8.65. The lowest BCUT2D eigenvalue weighted by atomic mass is 10.3. The molecule has 1 aromatic carbocycles. The van der Waals surface area contributed by atoms with Crippen LogP contribution in [0.2, 0.25) is 0 Å². The third-order valence-corrected chi connectivity index (χ3v) is 0.850. The van der Waals surface area contributed by atoms with E-state index in [2.05, 4.69) is 0 Å². The molecule has 0 heterocycles. The standard InChI is InChI=1S/C6H6O2.C2H6BN/c7-5-1-2-6(8)4-3-5;1-4(2)3/h1-4,7-8H;1-2H3. The van der Waals surface area contributed by atoms with Gasteiger partial charge in [-0.2, -0.15) is 0 Å². The molecule has 0 amide bonds. The molecule has 2 N–H and O–H groups in total. The second kappa shape index (κ2) is 5.49. The Hall–Kier alpha value is -1.16. The molecule has 4 heteroatoms. The summed E-state index contributed by atoms with van der Waals surface area (Å²) in [6, 6.07) is 5.70. The highest BCUT2D eigenvalue weighted by atomic mass is 16.3. The van der Waals surface area contributed by atoms with Crippen LogP contribution in [0.25, 0.3) is 0 Å². The Kier molecular flexibility index (Phi) is 4.96. The van der Waals surface area contributed by atoms with Gasteiger partial charge in [0.05, 0.1) is 0 Å². The Morgan fingerprint density at radius 1 is 1.00 bits per heavy atom. The van der Waals surface area contributed by atoms with Crippen LogP contribution in [-0.2, 0) is 0 Å². The Bertz CT molecular complexity index is 187. The summed E-state index contributed by atoms with van der Waals surface area (Å²) in [5.74, 6) is 0.339. The lowest BCUT2D eigenvalue weighted by Crippen LogP contribution is -2.02.